The molecule has 124 valence electrons. The van der Waals surface area contributed by atoms with Crippen molar-refractivity contribution in [3.63, 3.8) is 0 Å². The third-order valence-electron chi connectivity index (χ3n) is 5.77. The van der Waals surface area contributed by atoms with Crippen LogP contribution in [0.15, 0.2) is 103 Å². The molecule has 0 N–H and O–H groups in total. The molecule has 0 amide bonds. The van der Waals surface area contributed by atoms with Crippen LogP contribution in [-0.4, -0.2) is 8.07 Å². The number of benzene rings is 4. The van der Waals surface area contributed by atoms with Crippen LogP contribution in [0.5, 0.6) is 0 Å². The maximum Gasteiger partial charge on any atom is 0.147 e. The second-order valence-electron chi connectivity index (χ2n) is 7.13. The van der Waals surface area contributed by atoms with Crippen LogP contribution < -0.4 is 15.6 Å². The van der Waals surface area contributed by atoms with Gasteiger partial charge in [0.2, 0.25) is 0 Å². The smallest absolute Gasteiger partial charge is 0.0623 e. The summed E-state index contributed by atoms with van der Waals surface area (Å²) in [5.41, 5.74) is 5.51. The molecule has 0 aromatic heterocycles. The maximum absolute atomic E-state index is 2.51. The lowest BCUT2D eigenvalue weighted by Crippen LogP contribution is -2.62. The molecule has 0 bridgehead atoms. The summed E-state index contributed by atoms with van der Waals surface area (Å²) < 4.78 is 0. The van der Waals surface area contributed by atoms with E-state index in [-0.39, 0.29) is 0 Å². The fraction of sp³-hybridized carbons (Fsp3) is 0.0400. The quantitative estimate of drug-likeness (QED) is 0.470. The van der Waals surface area contributed by atoms with Gasteiger partial charge in [0.05, 0.1) is 0 Å². The summed E-state index contributed by atoms with van der Waals surface area (Å²) in [5, 5.41) is 4.57. The maximum atomic E-state index is 2.51. The Morgan fingerprint density at radius 2 is 0.808 bits per heavy atom. The summed E-state index contributed by atoms with van der Waals surface area (Å²) >= 11 is 0. The first-order valence-corrected chi connectivity index (χ1v) is 11.6. The Kier molecular flexibility index (Phi) is 3.44. The van der Waals surface area contributed by atoms with Crippen LogP contribution in [0.2, 0.25) is 6.55 Å². The van der Waals surface area contributed by atoms with Crippen LogP contribution >= 0.6 is 0 Å². The van der Waals surface area contributed by atoms with Crippen molar-refractivity contribution in [1.29, 1.82) is 0 Å². The molecule has 26 heavy (non-hydrogen) atoms. The van der Waals surface area contributed by atoms with Crippen molar-refractivity contribution < 1.29 is 0 Å². The minimum atomic E-state index is -2.03. The minimum Gasteiger partial charge on any atom is -0.0623 e. The van der Waals surface area contributed by atoms with Gasteiger partial charge in [0, 0.05) is 0 Å². The molecule has 0 radical (unpaired) electrons. The van der Waals surface area contributed by atoms with Gasteiger partial charge in [0.15, 0.2) is 0 Å². The molecule has 0 saturated heterocycles. The average Bonchev–Trinajstić information content (AvgIpc) is 2.99. The molecular formula is C25H20Si. The number of hydrogen-bond donors (Lipinski definition) is 0. The summed E-state index contributed by atoms with van der Waals surface area (Å²) in [6.07, 6.45) is 0. The summed E-state index contributed by atoms with van der Waals surface area (Å²) in [6.45, 7) is 2.51. The first-order valence-electron chi connectivity index (χ1n) is 9.14. The molecule has 4 aromatic carbocycles. The lowest BCUT2D eigenvalue weighted by atomic mass is 10.1. The highest BCUT2D eigenvalue weighted by Gasteiger charge is 2.43. The summed E-state index contributed by atoms with van der Waals surface area (Å²) in [6, 6.07) is 37.8. The largest absolute Gasteiger partial charge is 0.147 e. The van der Waals surface area contributed by atoms with Crippen molar-refractivity contribution in [2.24, 2.45) is 0 Å². The molecule has 0 spiro atoms. The summed E-state index contributed by atoms with van der Waals surface area (Å²) in [4.78, 5) is 0. The number of rotatable bonds is 2. The van der Waals surface area contributed by atoms with Gasteiger partial charge < -0.3 is 0 Å². The number of hydrogen-bond acceptors (Lipinski definition) is 0. The average molecular weight is 349 g/mol. The van der Waals surface area contributed by atoms with Crippen LogP contribution in [0.4, 0.5) is 0 Å². The second kappa shape index (κ2) is 5.82. The van der Waals surface area contributed by atoms with E-state index in [9.17, 15) is 0 Å². The van der Waals surface area contributed by atoms with Crippen LogP contribution in [0.3, 0.4) is 0 Å². The van der Waals surface area contributed by atoms with E-state index >= 15 is 0 Å². The van der Waals surface area contributed by atoms with Gasteiger partial charge in [-0.15, -0.1) is 0 Å². The molecule has 1 aliphatic rings. The lowest BCUT2D eigenvalue weighted by molar-refractivity contribution is 1.63. The molecular weight excluding hydrogens is 328 g/mol. The van der Waals surface area contributed by atoms with Gasteiger partial charge in [-0.1, -0.05) is 110 Å². The molecule has 4 aromatic rings. The van der Waals surface area contributed by atoms with Crippen molar-refractivity contribution in [3.05, 3.63) is 103 Å². The lowest BCUT2D eigenvalue weighted by Gasteiger charge is -2.28. The van der Waals surface area contributed by atoms with E-state index in [1.165, 1.54) is 37.8 Å². The zero-order chi connectivity index (χ0) is 17.6. The van der Waals surface area contributed by atoms with Crippen molar-refractivity contribution in [1.82, 2.24) is 0 Å². The zero-order valence-electron chi connectivity index (χ0n) is 14.8. The van der Waals surface area contributed by atoms with Crippen molar-refractivity contribution >= 4 is 23.6 Å². The Morgan fingerprint density at radius 3 is 1.35 bits per heavy atom. The summed E-state index contributed by atoms with van der Waals surface area (Å²) in [7, 11) is -2.03. The Morgan fingerprint density at radius 1 is 0.423 bits per heavy atom. The third kappa shape index (κ3) is 2.07. The molecule has 5 rings (SSSR count). The highest BCUT2D eigenvalue weighted by Crippen LogP contribution is 2.30. The predicted molar refractivity (Wildman–Crippen MR) is 114 cm³/mol. The van der Waals surface area contributed by atoms with Crippen LogP contribution in [0.1, 0.15) is 0 Å². The molecule has 1 heterocycles. The Balaban J connectivity index is 1.85. The van der Waals surface area contributed by atoms with Gasteiger partial charge in [0.25, 0.3) is 0 Å². The standard InChI is InChI=1S/C25H20Si/c1-26(23-16-8-5-13-20(23)19-11-3-2-4-12-19)24-17-9-6-14-21(24)22-15-7-10-18-25(22)26/h2-18H,1H3. The minimum absolute atomic E-state index is 1.30. The first-order chi connectivity index (χ1) is 12.8. The van der Waals surface area contributed by atoms with E-state index in [4.69, 9.17) is 0 Å². The van der Waals surface area contributed by atoms with Gasteiger partial charge in [-0.2, -0.15) is 0 Å². The molecule has 0 nitrogen and oxygen atoms in total. The summed E-state index contributed by atoms with van der Waals surface area (Å²) in [5.74, 6) is 0. The molecule has 0 atom stereocenters. The molecule has 0 aliphatic carbocycles. The molecule has 1 heteroatoms. The normalized spacial score (nSPS) is 13.9. The second-order valence-corrected chi connectivity index (χ2v) is 11.0. The van der Waals surface area contributed by atoms with Gasteiger partial charge in [0.1, 0.15) is 8.07 Å². The first kappa shape index (κ1) is 15.4. The van der Waals surface area contributed by atoms with E-state index in [0.717, 1.165) is 0 Å². The number of fused-ring (bicyclic) bond motifs is 3. The Bertz CT molecular complexity index is 1050. The van der Waals surface area contributed by atoms with Crippen molar-refractivity contribution in [3.8, 4) is 22.3 Å². The monoisotopic (exact) mass is 348 g/mol. The van der Waals surface area contributed by atoms with Gasteiger partial charge in [-0.05, 0) is 37.8 Å². The van der Waals surface area contributed by atoms with Crippen LogP contribution in [0, 0.1) is 0 Å². The van der Waals surface area contributed by atoms with E-state index in [1.807, 2.05) is 0 Å². The highest BCUT2D eigenvalue weighted by molar-refractivity contribution is 7.14. The van der Waals surface area contributed by atoms with Gasteiger partial charge >= 0.3 is 0 Å². The van der Waals surface area contributed by atoms with Crippen molar-refractivity contribution in [2.45, 2.75) is 6.55 Å². The molecule has 0 saturated carbocycles. The van der Waals surface area contributed by atoms with Crippen molar-refractivity contribution in [2.75, 3.05) is 0 Å². The van der Waals surface area contributed by atoms with E-state index in [1.54, 1.807) is 0 Å². The van der Waals surface area contributed by atoms with Gasteiger partial charge in [-0.3, -0.25) is 0 Å². The Labute approximate surface area is 155 Å². The van der Waals surface area contributed by atoms with Gasteiger partial charge in [-0.25, -0.2) is 0 Å². The van der Waals surface area contributed by atoms with Crippen LogP contribution in [-0.2, 0) is 0 Å². The van der Waals surface area contributed by atoms with Crippen LogP contribution in [0.25, 0.3) is 22.3 Å². The third-order valence-corrected chi connectivity index (χ3v) is 10.3. The predicted octanol–water partition coefficient (Wildman–Crippen LogP) is 4.43. The molecule has 1 aliphatic heterocycles. The Hall–Kier alpha value is -2.90. The molecule has 0 unspecified atom stereocenters. The SMILES string of the molecule is C[Si]1(c2ccccc2-c2ccccc2)c2ccccc2-c2ccccc21. The fourth-order valence-corrected chi connectivity index (χ4v) is 8.97. The van der Waals surface area contributed by atoms with E-state index < -0.39 is 8.07 Å². The van der Waals surface area contributed by atoms with E-state index in [2.05, 4.69) is 110 Å². The fourth-order valence-electron chi connectivity index (χ4n) is 4.53. The van der Waals surface area contributed by atoms with E-state index in [0.29, 0.717) is 0 Å². The topological polar surface area (TPSA) is 0 Å². The zero-order valence-corrected chi connectivity index (χ0v) is 15.8. The molecule has 0 fully saturated rings. The highest BCUT2D eigenvalue weighted by atomic mass is 28.3.